The summed E-state index contributed by atoms with van der Waals surface area (Å²) in [6.45, 7) is 6.92. The van der Waals surface area contributed by atoms with E-state index in [0.717, 1.165) is 39.3 Å². The van der Waals surface area contributed by atoms with Crippen LogP contribution in [0.3, 0.4) is 0 Å². The first-order valence-electron chi connectivity index (χ1n) is 8.39. The van der Waals surface area contributed by atoms with Crippen molar-refractivity contribution < 1.29 is 4.79 Å². The highest BCUT2D eigenvalue weighted by molar-refractivity contribution is 5.92. The van der Waals surface area contributed by atoms with Crippen LogP contribution in [0.2, 0.25) is 0 Å². The van der Waals surface area contributed by atoms with E-state index in [1.165, 1.54) is 5.56 Å². The smallest absolute Gasteiger partial charge is 0.274 e. The van der Waals surface area contributed by atoms with Crippen LogP contribution in [-0.4, -0.2) is 58.6 Å². The number of amides is 1. The van der Waals surface area contributed by atoms with E-state index in [0.29, 0.717) is 11.5 Å². The van der Waals surface area contributed by atoms with Crippen LogP contribution < -0.4 is 5.32 Å². The van der Waals surface area contributed by atoms with Crippen LogP contribution in [0.5, 0.6) is 0 Å². The van der Waals surface area contributed by atoms with E-state index in [1.54, 1.807) is 12.1 Å². The molecular formula is C18H23N5O. The van der Waals surface area contributed by atoms with Crippen LogP contribution in [0.4, 0.5) is 5.82 Å². The Balaban J connectivity index is 1.53. The molecule has 1 aliphatic heterocycles. The maximum atomic E-state index is 12.5. The van der Waals surface area contributed by atoms with E-state index in [1.807, 2.05) is 17.9 Å². The number of rotatable bonds is 5. The van der Waals surface area contributed by atoms with Gasteiger partial charge in [0.15, 0.2) is 5.69 Å². The Morgan fingerprint density at radius 2 is 1.79 bits per heavy atom. The molecule has 2 aromatic rings. The lowest BCUT2D eigenvalue weighted by molar-refractivity contribution is 0.0621. The molecule has 6 nitrogen and oxygen atoms in total. The van der Waals surface area contributed by atoms with Crippen LogP contribution >= 0.6 is 0 Å². The molecule has 0 saturated carbocycles. The third-order valence-electron chi connectivity index (χ3n) is 4.15. The second-order valence-corrected chi connectivity index (χ2v) is 5.89. The van der Waals surface area contributed by atoms with Crippen molar-refractivity contribution in [1.29, 1.82) is 0 Å². The van der Waals surface area contributed by atoms with Gasteiger partial charge in [0.2, 0.25) is 0 Å². The third kappa shape index (κ3) is 4.08. The Labute approximate surface area is 142 Å². The summed E-state index contributed by atoms with van der Waals surface area (Å²) in [5.74, 6) is 0.659. The Morgan fingerprint density at radius 1 is 1.04 bits per heavy atom. The summed E-state index contributed by atoms with van der Waals surface area (Å²) >= 11 is 0. The minimum absolute atomic E-state index is 0.0371. The highest BCUT2D eigenvalue weighted by atomic mass is 16.2. The van der Waals surface area contributed by atoms with Gasteiger partial charge in [0, 0.05) is 39.3 Å². The number of benzene rings is 1. The number of nitrogens with zero attached hydrogens (tertiary/aromatic N) is 4. The zero-order valence-electron chi connectivity index (χ0n) is 14.0. The molecule has 0 unspecified atom stereocenters. The first-order chi connectivity index (χ1) is 11.8. The van der Waals surface area contributed by atoms with Crippen molar-refractivity contribution in [3.8, 4) is 0 Å². The van der Waals surface area contributed by atoms with Crippen molar-refractivity contribution in [2.75, 3.05) is 38.0 Å². The van der Waals surface area contributed by atoms with E-state index >= 15 is 0 Å². The number of piperazine rings is 1. The zero-order chi connectivity index (χ0) is 16.8. The van der Waals surface area contributed by atoms with Crippen molar-refractivity contribution in [2.24, 2.45) is 0 Å². The SMILES string of the molecule is CCNc1ccc(C(=O)N2CCN(Cc3ccccc3)CC2)nn1. The van der Waals surface area contributed by atoms with Crippen LogP contribution in [-0.2, 0) is 6.54 Å². The van der Waals surface area contributed by atoms with E-state index in [9.17, 15) is 4.79 Å². The number of carbonyl (C=O) groups is 1. The van der Waals surface area contributed by atoms with Gasteiger partial charge in [-0.05, 0) is 24.6 Å². The summed E-state index contributed by atoms with van der Waals surface area (Å²) in [4.78, 5) is 16.8. The average Bonchev–Trinajstić information content (AvgIpc) is 2.64. The first kappa shape index (κ1) is 16.4. The molecule has 24 heavy (non-hydrogen) atoms. The molecule has 3 rings (SSSR count). The fraction of sp³-hybridized carbons (Fsp3) is 0.389. The van der Waals surface area contributed by atoms with E-state index in [-0.39, 0.29) is 5.91 Å². The van der Waals surface area contributed by atoms with Crippen LogP contribution in [0.25, 0.3) is 0 Å². The van der Waals surface area contributed by atoms with Crippen molar-refractivity contribution in [3.63, 3.8) is 0 Å². The van der Waals surface area contributed by atoms with Gasteiger partial charge in [-0.3, -0.25) is 9.69 Å². The van der Waals surface area contributed by atoms with Crippen molar-refractivity contribution in [1.82, 2.24) is 20.0 Å². The lowest BCUT2D eigenvalue weighted by Gasteiger charge is -2.34. The Kier molecular flexibility index (Phi) is 5.38. The predicted molar refractivity (Wildman–Crippen MR) is 93.8 cm³/mol. The highest BCUT2D eigenvalue weighted by Crippen LogP contribution is 2.11. The standard InChI is InChI=1S/C18H23N5O/c1-2-19-17-9-8-16(20-21-17)18(24)23-12-10-22(11-13-23)14-15-6-4-3-5-7-15/h3-9H,2,10-14H2,1H3,(H,19,21). The largest absolute Gasteiger partial charge is 0.369 e. The minimum Gasteiger partial charge on any atom is -0.369 e. The van der Waals surface area contributed by atoms with Gasteiger partial charge in [-0.2, -0.15) is 0 Å². The molecule has 0 aliphatic carbocycles. The summed E-state index contributed by atoms with van der Waals surface area (Å²) in [6.07, 6.45) is 0. The van der Waals surface area contributed by atoms with E-state index < -0.39 is 0 Å². The summed E-state index contributed by atoms with van der Waals surface area (Å²) in [5.41, 5.74) is 1.72. The molecular weight excluding hydrogens is 302 g/mol. The maximum absolute atomic E-state index is 12.5. The molecule has 6 heteroatoms. The highest BCUT2D eigenvalue weighted by Gasteiger charge is 2.23. The number of aromatic nitrogens is 2. The molecule has 0 atom stereocenters. The van der Waals surface area contributed by atoms with Gasteiger partial charge >= 0.3 is 0 Å². The van der Waals surface area contributed by atoms with Gasteiger partial charge in [-0.15, -0.1) is 10.2 Å². The molecule has 1 aliphatic rings. The summed E-state index contributed by atoms with van der Waals surface area (Å²) in [7, 11) is 0. The number of hydrogen-bond acceptors (Lipinski definition) is 5. The Bertz CT molecular complexity index is 651. The molecule has 0 radical (unpaired) electrons. The Hall–Kier alpha value is -2.47. The molecule has 1 fully saturated rings. The average molecular weight is 325 g/mol. The fourth-order valence-corrected chi connectivity index (χ4v) is 2.83. The van der Waals surface area contributed by atoms with Crippen LogP contribution in [0.1, 0.15) is 23.0 Å². The zero-order valence-corrected chi connectivity index (χ0v) is 14.0. The van der Waals surface area contributed by atoms with E-state index in [4.69, 9.17) is 0 Å². The number of nitrogens with one attached hydrogen (secondary N) is 1. The lowest BCUT2D eigenvalue weighted by Crippen LogP contribution is -2.48. The van der Waals surface area contributed by atoms with Gasteiger partial charge in [0.05, 0.1) is 0 Å². The Morgan fingerprint density at radius 3 is 2.42 bits per heavy atom. The van der Waals surface area contributed by atoms with Crippen molar-refractivity contribution >= 4 is 11.7 Å². The lowest BCUT2D eigenvalue weighted by atomic mass is 10.2. The second-order valence-electron chi connectivity index (χ2n) is 5.89. The van der Waals surface area contributed by atoms with Crippen LogP contribution in [0.15, 0.2) is 42.5 Å². The topological polar surface area (TPSA) is 61.4 Å². The number of anilines is 1. The number of hydrogen-bond donors (Lipinski definition) is 1. The molecule has 1 aromatic heterocycles. The molecule has 126 valence electrons. The monoisotopic (exact) mass is 325 g/mol. The summed E-state index contributed by atoms with van der Waals surface area (Å²) in [5, 5.41) is 11.2. The molecule has 0 bridgehead atoms. The fourth-order valence-electron chi connectivity index (χ4n) is 2.83. The second kappa shape index (κ2) is 7.88. The van der Waals surface area contributed by atoms with Gasteiger partial charge < -0.3 is 10.2 Å². The predicted octanol–water partition coefficient (Wildman–Crippen LogP) is 1.87. The van der Waals surface area contributed by atoms with Gasteiger partial charge in [-0.25, -0.2) is 0 Å². The first-order valence-corrected chi connectivity index (χ1v) is 8.39. The summed E-state index contributed by atoms with van der Waals surface area (Å²) < 4.78 is 0. The van der Waals surface area contributed by atoms with E-state index in [2.05, 4.69) is 44.7 Å². The summed E-state index contributed by atoms with van der Waals surface area (Å²) in [6, 6.07) is 14.0. The van der Waals surface area contributed by atoms with Gasteiger partial charge in [-0.1, -0.05) is 30.3 Å². The third-order valence-corrected chi connectivity index (χ3v) is 4.15. The molecule has 1 N–H and O–H groups in total. The number of carbonyl (C=O) groups excluding carboxylic acids is 1. The molecule has 1 amide bonds. The van der Waals surface area contributed by atoms with Crippen LogP contribution in [0, 0.1) is 0 Å². The quantitative estimate of drug-likeness (QED) is 0.909. The molecule has 2 heterocycles. The van der Waals surface area contributed by atoms with Crippen molar-refractivity contribution in [2.45, 2.75) is 13.5 Å². The van der Waals surface area contributed by atoms with Crippen molar-refractivity contribution in [3.05, 3.63) is 53.7 Å². The van der Waals surface area contributed by atoms with Gasteiger partial charge in [0.25, 0.3) is 5.91 Å². The molecule has 1 aromatic carbocycles. The normalized spacial score (nSPS) is 15.3. The molecule has 1 saturated heterocycles. The molecule has 0 spiro atoms. The maximum Gasteiger partial charge on any atom is 0.274 e. The van der Waals surface area contributed by atoms with Gasteiger partial charge in [0.1, 0.15) is 5.82 Å². The minimum atomic E-state index is -0.0371.